The van der Waals surface area contributed by atoms with Gasteiger partial charge in [-0.1, -0.05) is 12.1 Å². The Labute approximate surface area is 99.0 Å². The van der Waals surface area contributed by atoms with Crippen LogP contribution in [0.15, 0.2) is 24.3 Å². The molecule has 1 heterocycles. The average Bonchev–Trinajstić information content (AvgIpc) is 2.30. The number of piperazine rings is 1. The fourth-order valence-electron chi connectivity index (χ4n) is 2.10. The SMILES string of the molecule is C[C@@H]1CN(C(=O)O)[C@@H](c2ccc(F)cc2)CN1. The van der Waals surface area contributed by atoms with Crippen molar-refractivity contribution in [3.05, 3.63) is 35.6 Å². The molecule has 0 radical (unpaired) electrons. The zero-order valence-corrected chi connectivity index (χ0v) is 9.56. The number of carboxylic acid groups (broad SMARTS) is 1. The minimum absolute atomic E-state index is 0.141. The van der Waals surface area contributed by atoms with Gasteiger partial charge in [0.15, 0.2) is 0 Å². The van der Waals surface area contributed by atoms with E-state index in [2.05, 4.69) is 5.32 Å². The largest absolute Gasteiger partial charge is 0.465 e. The topological polar surface area (TPSA) is 52.6 Å². The van der Waals surface area contributed by atoms with Gasteiger partial charge in [0.25, 0.3) is 0 Å². The van der Waals surface area contributed by atoms with Gasteiger partial charge in [0.1, 0.15) is 5.82 Å². The van der Waals surface area contributed by atoms with E-state index in [0.29, 0.717) is 13.1 Å². The minimum atomic E-state index is -0.937. The van der Waals surface area contributed by atoms with Crippen molar-refractivity contribution >= 4 is 6.09 Å². The molecule has 1 aliphatic rings. The lowest BCUT2D eigenvalue weighted by Crippen LogP contribution is -2.52. The predicted octanol–water partition coefficient (Wildman–Crippen LogP) is 1.84. The molecule has 1 saturated heterocycles. The minimum Gasteiger partial charge on any atom is -0.465 e. The van der Waals surface area contributed by atoms with Crippen LogP contribution in [0.2, 0.25) is 0 Å². The monoisotopic (exact) mass is 238 g/mol. The number of benzene rings is 1. The molecule has 2 N–H and O–H groups in total. The van der Waals surface area contributed by atoms with Crippen molar-refractivity contribution in [3.8, 4) is 0 Å². The van der Waals surface area contributed by atoms with Crippen LogP contribution < -0.4 is 5.32 Å². The maximum atomic E-state index is 12.8. The third kappa shape index (κ3) is 2.55. The molecule has 1 amide bonds. The Morgan fingerprint density at radius 2 is 2.12 bits per heavy atom. The standard InChI is InChI=1S/C12H15FN2O2/c1-8-7-15(12(16)17)11(6-14-8)9-2-4-10(13)5-3-9/h2-5,8,11,14H,6-7H2,1H3,(H,16,17)/t8-,11-/m1/s1. The molecule has 17 heavy (non-hydrogen) atoms. The van der Waals surface area contributed by atoms with E-state index in [1.54, 1.807) is 12.1 Å². The summed E-state index contributed by atoms with van der Waals surface area (Å²) < 4.78 is 12.8. The van der Waals surface area contributed by atoms with Crippen molar-refractivity contribution in [1.82, 2.24) is 10.2 Å². The van der Waals surface area contributed by atoms with E-state index in [9.17, 15) is 9.18 Å². The summed E-state index contributed by atoms with van der Waals surface area (Å²) in [5.74, 6) is -0.312. The highest BCUT2D eigenvalue weighted by Gasteiger charge is 2.30. The first-order chi connectivity index (χ1) is 8.08. The predicted molar refractivity (Wildman–Crippen MR) is 61.3 cm³/mol. The van der Waals surface area contributed by atoms with Gasteiger partial charge in [0, 0.05) is 19.1 Å². The highest BCUT2D eigenvalue weighted by atomic mass is 19.1. The van der Waals surface area contributed by atoms with Crippen LogP contribution in [0.4, 0.5) is 9.18 Å². The molecule has 1 fully saturated rings. The third-order valence-corrected chi connectivity index (χ3v) is 3.01. The van der Waals surface area contributed by atoms with Crippen LogP contribution in [-0.2, 0) is 0 Å². The molecule has 92 valence electrons. The molecule has 1 aliphatic heterocycles. The van der Waals surface area contributed by atoms with Crippen LogP contribution in [0.1, 0.15) is 18.5 Å². The zero-order valence-electron chi connectivity index (χ0n) is 9.56. The lowest BCUT2D eigenvalue weighted by Gasteiger charge is -2.37. The van der Waals surface area contributed by atoms with Gasteiger partial charge in [-0.05, 0) is 24.6 Å². The van der Waals surface area contributed by atoms with Crippen LogP contribution in [0.25, 0.3) is 0 Å². The van der Waals surface area contributed by atoms with E-state index in [1.807, 2.05) is 6.92 Å². The molecule has 4 nitrogen and oxygen atoms in total. The van der Waals surface area contributed by atoms with Crippen LogP contribution in [-0.4, -0.2) is 35.2 Å². The summed E-state index contributed by atoms with van der Waals surface area (Å²) >= 11 is 0. The Bertz CT molecular complexity index is 407. The van der Waals surface area contributed by atoms with E-state index in [1.165, 1.54) is 17.0 Å². The van der Waals surface area contributed by atoms with Crippen molar-refractivity contribution in [2.45, 2.75) is 19.0 Å². The van der Waals surface area contributed by atoms with Crippen molar-refractivity contribution < 1.29 is 14.3 Å². The van der Waals surface area contributed by atoms with E-state index in [4.69, 9.17) is 5.11 Å². The Morgan fingerprint density at radius 3 is 2.71 bits per heavy atom. The van der Waals surface area contributed by atoms with Gasteiger partial charge in [-0.2, -0.15) is 0 Å². The average molecular weight is 238 g/mol. The molecule has 0 saturated carbocycles. The van der Waals surface area contributed by atoms with E-state index >= 15 is 0 Å². The van der Waals surface area contributed by atoms with E-state index < -0.39 is 6.09 Å². The van der Waals surface area contributed by atoms with Gasteiger partial charge in [0.2, 0.25) is 0 Å². The number of amides is 1. The molecule has 0 bridgehead atoms. The second kappa shape index (κ2) is 4.71. The van der Waals surface area contributed by atoms with Crippen molar-refractivity contribution in [2.24, 2.45) is 0 Å². The number of carbonyl (C=O) groups is 1. The van der Waals surface area contributed by atoms with E-state index in [-0.39, 0.29) is 17.9 Å². The number of hydrogen-bond donors (Lipinski definition) is 2. The molecule has 0 unspecified atom stereocenters. The van der Waals surface area contributed by atoms with Crippen LogP contribution >= 0.6 is 0 Å². The first-order valence-electron chi connectivity index (χ1n) is 5.56. The molecule has 2 atom stereocenters. The molecule has 2 rings (SSSR count). The Hall–Kier alpha value is -1.62. The van der Waals surface area contributed by atoms with Gasteiger partial charge in [-0.3, -0.25) is 4.90 Å². The number of nitrogens with zero attached hydrogens (tertiary/aromatic N) is 1. The van der Waals surface area contributed by atoms with E-state index in [0.717, 1.165) is 5.56 Å². The smallest absolute Gasteiger partial charge is 0.407 e. The summed E-state index contributed by atoms with van der Waals surface area (Å²) in [6.45, 7) is 2.94. The summed E-state index contributed by atoms with van der Waals surface area (Å²) in [4.78, 5) is 12.6. The second-order valence-corrected chi connectivity index (χ2v) is 4.31. The maximum absolute atomic E-state index is 12.8. The first-order valence-corrected chi connectivity index (χ1v) is 5.56. The number of nitrogens with one attached hydrogen (secondary N) is 1. The first kappa shape index (κ1) is 11.9. The molecule has 0 spiro atoms. The van der Waals surface area contributed by atoms with Gasteiger partial charge in [-0.15, -0.1) is 0 Å². The van der Waals surface area contributed by atoms with Crippen LogP contribution in [0, 0.1) is 5.82 Å². The molecule has 1 aromatic carbocycles. The summed E-state index contributed by atoms with van der Waals surface area (Å²) in [6.07, 6.45) is -0.937. The molecule has 0 aromatic heterocycles. The summed E-state index contributed by atoms with van der Waals surface area (Å²) in [5, 5.41) is 12.4. The number of rotatable bonds is 1. The molecular formula is C12H15FN2O2. The van der Waals surface area contributed by atoms with Crippen LogP contribution in [0.3, 0.4) is 0 Å². The lowest BCUT2D eigenvalue weighted by atomic mass is 10.0. The number of hydrogen-bond acceptors (Lipinski definition) is 2. The maximum Gasteiger partial charge on any atom is 0.407 e. The number of halogens is 1. The quantitative estimate of drug-likeness (QED) is 0.785. The lowest BCUT2D eigenvalue weighted by molar-refractivity contribution is 0.101. The second-order valence-electron chi connectivity index (χ2n) is 4.31. The Morgan fingerprint density at radius 1 is 1.47 bits per heavy atom. The van der Waals surface area contributed by atoms with Crippen molar-refractivity contribution in [3.63, 3.8) is 0 Å². The fraction of sp³-hybridized carbons (Fsp3) is 0.417. The molecule has 5 heteroatoms. The van der Waals surface area contributed by atoms with Gasteiger partial charge in [0.05, 0.1) is 6.04 Å². The summed E-state index contributed by atoms with van der Waals surface area (Å²) in [6, 6.07) is 5.87. The summed E-state index contributed by atoms with van der Waals surface area (Å²) in [5.41, 5.74) is 0.813. The summed E-state index contributed by atoms with van der Waals surface area (Å²) in [7, 11) is 0. The molecular weight excluding hydrogens is 223 g/mol. The molecule has 1 aromatic rings. The third-order valence-electron chi connectivity index (χ3n) is 3.01. The Kier molecular flexibility index (Phi) is 3.28. The van der Waals surface area contributed by atoms with Gasteiger partial charge in [-0.25, -0.2) is 9.18 Å². The zero-order chi connectivity index (χ0) is 12.4. The van der Waals surface area contributed by atoms with Crippen molar-refractivity contribution in [1.29, 1.82) is 0 Å². The van der Waals surface area contributed by atoms with Gasteiger partial charge < -0.3 is 10.4 Å². The Balaban J connectivity index is 2.23. The normalized spacial score (nSPS) is 24.7. The van der Waals surface area contributed by atoms with Gasteiger partial charge >= 0.3 is 6.09 Å². The highest BCUT2D eigenvalue weighted by Crippen LogP contribution is 2.23. The fourth-order valence-corrected chi connectivity index (χ4v) is 2.10. The van der Waals surface area contributed by atoms with Crippen LogP contribution in [0.5, 0.6) is 0 Å². The highest BCUT2D eigenvalue weighted by molar-refractivity contribution is 5.66. The van der Waals surface area contributed by atoms with Crippen molar-refractivity contribution in [2.75, 3.05) is 13.1 Å². The molecule has 0 aliphatic carbocycles.